The van der Waals surface area contributed by atoms with Gasteiger partial charge in [0.05, 0.1) is 4.53 Å². The van der Waals surface area contributed by atoms with Gasteiger partial charge in [-0.05, 0) is 51.5 Å². The second-order valence-corrected chi connectivity index (χ2v) is 10.6. The van der Waals surface area contributed by atoms with Crippen LogP contribution in [0.2, 0.25) is 0 Å². The molecule has 2 aromatic rings. The van der Waals surface area contributed by atoms with Crippen molar-refractivity contribution < 1.29 is 23.1 Å². The van der Waals surface area contributed by atoms with Crippen LogP contribution in [-0.2, 0) is 16.1 Å². The molecule has 1 heterocycles. The van der Waals surface area contributed by atoms with Gasteiger partial charge in [-0.15, -0.1) is 11.3 Å². The predicted molar refractivity (Wildman–Crippen MR) is 131 cm³/mol. The van der Waals surface area contributed by atoms with Crippen LogP contribution in [0, 0.1) is 5.41 Å². The molecular formula is C25H32F2N2O4S. The van der Waals surface area contributed by atoms with E-state index in [2.05, 4.69) is 4.74 Å². The molecular weight excluding hydrogens is 462 g/mol. The second kappa shape index (κ2) is 11.1. The number of thiazole rings is 1. The first-order valence-electron chi connectivity index (χ1n) is 11.0. The van der Waals surface area contributed by atoms with E-state index in [9.17, 15) is 23.2 Å². The molecule has 1 amide bonds. The van der Waals surface area contributed by atoms with Crippen LogP contribution < -0.4 is 19.5 Å². The van der Waals surface area contributed by atoms with Gasteiger partial charge >= 0.3 is 6.61 Å². The van der Waals surface area contributed by atoms with Crippen molar-refractivity contribution in [1.29, 1.82) is 0 Å². The first kappa shape index (κ1) is 27.4. The highest BCUT2D eigenvalue weighted by Crippen LogP contribution is 2.16. The fraction of sp³-hybridized carbons (Fsp3) is 0.480. The van der Waals surface area contributed by atoms with Crippen molar-refractivity contribution in [1.82, 2.24) is 9.47 Å². The molecule has 0 atom stereocenters. The van der Waals surface area contributed by atoms with Gasteiger partial charge in [-0.3, -0.25) is 19.0 Å². The minimum Gasteiger partial charge on any atom is -0.435 e. The summed E-state index contributed by atoms with van der Waals surface area (Å²) in [5, 5.41) is 0. The molecule has 0 aliphatic carbocycles. The highest BCUT2D eigenvalue weighted by molar-refractivity contribution is 7.07. The Morgan fingerprint density at radius 1 is 1.09 bits per heavy atom. The maximum Gasteiger partial charge on any atom is 0.387 e. The standard InChI is InChI=1S/C25H32F2N2O4S/c1-15(2)29(16(3)4)21(31)14-28-22(13-20(30)25(5,6)7)34-19(23(28)32)12-17-8-10-18(11-9-17)33-24(26)27/h8-13,15-16,24H,14H2,1-7H3/b19-12+,22-13-. The summed E-state index contributed by atoms with van der Waals surface area (Å²) >= 11 is 1.11. The highest BCUT2D eigenvalue weighted by atomic mass is 32.1. The van der Waals surface area contributed by atoms with Crippen LogP contribution in [0.1, 0.15) is 54.0 Å². The van der Waals surface area contributed by atoms with Crippen LogP contribution in [0.5, 0.6) is 5.75 Å². The van der Waals surface area contributed by atoms with E-state index in [0.29, 0.717) is 14.8 Å². The Bertz CT molecular complexity index is 1180. The number of ether oxygens (including phenoxy) is 1. The number of rotatable bonds is 8. The van der Waals surface area contributed by atoms with Crippen LogP contribution in [0.4, 0.5) is 8.78 Å². The van der Waals surface area contributed by atoms with Gasteiger partial charge in [0, 0.05) is 23.6 Å². The molecule has 0 aliphatic rings. The maximum absolute atomic E-state index is 13.3. The van der Waals surface area contributed by atoms with Crippen LogP contribution in [0.3, 0.4) is 0 Å². The molecule has 0 fully saturated rings. The second-order valence-electron chi connectivity index (χ2n) is 9.53. The van der Waals surface area contributed by atoms with Gasteiger partial charge in [-0.1, -0.05) is 32.9 Å². The van der Waals surface area contributed by atoms with E-state index in [-0.39, 0.29) is 36.1 Å². The molecule has 1 aromatic carbocycles. The lowest BCUT2D eigenvalue weighted by Crippen LogP contribution is -2.46. The quantitative estimate of drug-likeness (QED) is 0.564. The Hall–Kier alpha value is -2.81. The average molecular weight is 495 g/mol. The number of ketones is 1. The Labute approximate surface area is 202 Å². The third-order valence-electron chi connectivity index (χ3n) is 5.03. The molecule has 0 bridgehead atoms. The number of carbonyl (C=O) groups is 2. The number of hydrogen-bond donors (Lipinski definition) is 0. The fourth-order valence-electron chi connectivity index (χ4n) is 3.41. The van der Waals surface area contributed by atoms with Crippen molar-refractivity contribution in [3.05, 3.63) is 49.4 Å². The summed E-state index contributed by atoms with van der Waals surface area (Å²) in [5.41, 5.74) is -0.453. The number of alkyl halides is 2. The third kappa shape index (κ3) is 7.09. The molecule has 1 aromatic heterocycles. The Morgan fingerprint density at radius 2 is 1.65 bits per heavy atom. The van der Waals surface area contributed by atoms with E-state index >= 15 is 0 Å². The minimum absolute atomic E-state index is 0.00796. The smallest absolute Gasteiger partial charge is 0.387 e. The number of Topliss-reactive ketones (excluding diaryl/α,β-unsaturated/α-hetero) is 1. The van der Waals surface area contributed by atoms with Crippen molar-refractivity contribution >= 4 is 35.2 Å². The molecule has 0 radical (unpaired) electrons. The van der Waals surface area contributed by atoms with Crippen molar-refractivity contribution in [2.24, 2.45) is 5.41 Å². The molecule has 186 valence electrons. The van der Waals surface area contributed by atoms with Gasteiger partial charge in [0.2, 0.25) is 5.91 Å². The largest absolute Gasteiger partial charge is 0.435 e. The SMILES string of the molecule is CC(C)N(C(=O)Cn1c(=O)/c(=C\c2ccc(OC(F)F)cc2)s/c1=C\C(=O)C(C)(C)C)C(C)C. The first-order valence-corrected chi connectivity index (χ1v) is 11.9. The van der Waals surface area contributed by atoms with Gasteiger partial charge in [0.1, 0.15) is 17.0 Å². The summed E-state index contributed by atoms with van der Waals surface area (Å²) in [5.74, 6) is -0.379. The summed E-state index contributed by atoms with van der Waals surface area (Å²) in [6.45, 7) is 9.86. The van der Waals surface area contributed by atoms with Crippen molar-refractivity contribution in [3.8, 4) is 5.75 Å². The number of benzene rings is 1. The number of hydrogen-bond acceptors (Lipinski definition) is 5. The molecule has 0 spiro atoms. The summed E-state index contributed by atoms with van der Waals surface area (Å²) in [6, 6.07) is 5.76. The summed E-state index contributed by atoms with van der Waals surface area (Å²) in [4.78, 5) is 40.7. The molecule has 6 nitrogen and oxygen atoms in total. The molecule has 0 aliphatic heterocycles. The fourth-order valence-corrected chi connectivity index (χ4v) is 4.45. The zero-order valence-corrected chi connectivity index (χ0v) is 21.4. The van der Waals surface area contributed by atoms with Crippen LogP contribution in [0.25, 0.3) is 12.2 Å². The van der Waals surface area contributed by atoms with E-state index in [1.54, 1.807) is 43.9 Å². The van der Waals surface area contributed by atoms with E-state index in [0.717, 1.165) is 11.3 Å². The average Bonchev–Trinajstić information content (AvgIpc) is 2.96. The number of carbonyl (C=O) groups excluding carboxylic acids is 2. The monoisotopic (exact) mass is 494 g/mol. The predicted octanol–water partition coefficient (Wildman–Crippen LogP) is 3.38. The molecule has 0 N–H and O–H groups in total. The minimum atomic E-state index is -2.92. The van der Waals surface area contributed by atoms with E-state index in [4.69, 9.17) is 0 Å². The van der Waals surface area contributed by atoms with Gasteiger partial charge < -0.3 is 9.64 Å². The number of amides is 1. The van der Waals surface area contributed by atoms with Crippen molar-refractivity contribution in [2.75, 3.05) is 0 Å². The lowest BCUT2D eigenvalue weighted by atomic mass is 9.91. The number of halogens is 2. The van der Waals surface area contributed by atoms with Crippen LogP contribution in [-0.4, -0.2) is 39.9 Å². The van der Waals surface area contributed by atoms with Gasteiger partial charge in [0.15, 0.2) is 5.78 Å². The van der Waals surface area contributed by atoms with Crippen molar-refractivity contribution in [3.63, 3.8) is 0 Å². The first-order chi connectivity index (χ1) is 15.7. The van der Waals surface area contributed by atoms with Gasteiger partial charge in [0.25, 0.3) is 5.56 Å². The zero-order valence-electron chi connectivity index (χ0n) is 20.6. The Kier molecular flexibility index (Phi) is 8.94. The van der Waals surface area contributed by atoms with Gasteiger partial charge in [-0.25, -0.2) is 0 Å². The third-order valence-corrected chi connectivity index (χ3v) is 6.09. The maximum atomic E-state index is 13.3. The van der Waals surface area contributed by atoms with E-state index in [1.807, 2.05) is 27.7 Å². The van der Waals surface area contributed by atoms with E-state index < -0.39 is 17.6 Å². The molecule has 0 saturated carbocycles. The highest BCUT2D eigenvalue weighted by Gasteiger charge is 2.23. The summed E-state index contributed by atoms with van der Waals surface area (Å²) in [6.07, 6.45) is 3.01. The summed E-state index contributed by atoms with van der Waals surface area (Å²) < 4.78 is 31.2. The van der Waals surface area contributed by atoms with Crippen LogP contribution in [0.15, 0.2) is 29.1 Å². The number of nitrogens with zero attached hydrogens (tertiary/aromatic N) is 2. The molecule has 9 heteroatoms. The molecule has 34 heavy (non-hydrogen) atoms. The molecule has 0 unspecified atom stereocenters. The normalized spacial score (nSPS) is 13.3. The Morgan fingerprint density at radius 3 is 2.12 bits per heavy atom. The zero-order chi connectivity index (χ0) is 25.8. The van der Waals surface area contributed by atoms with Crippen molar-refractivity contribution in [2.45, 2.75) is 73.7 Å². The topological polar surface area (TPSA) is 68.6 Å². The van der Waals surface area contributed by atoms with Gasteiger partial charge in [-0.2, -0.15) is 8.78 Å². The molecule has 0 saturated heterocycles. The number of aromatic nitrogens is 1. The van der Waals surface area contributed by atoms with E-state index in [1.165, 1.54) is 22.8 Å². The summed E-state index contributed by atoms with van der Waals surface area (Å²) in [7, 11) is 0. The van der Waals surface area contributed by atoms with Crippen LogP contribution >= 0.6 is 11.3 Å². The molecule has 2 rings (SSSR count). The lowest BCUT2D eigenvalue weighted by Gasteiger charge is -2.30. The Balaban J connectivity index is 2.59. The lowest BCUT2D eigenvalue weighted by molar-refractivity contribution is -0.135.